The normalized spacial score (nSPS) is 12.1. The lowest BCUT2D eigenvalue weighted by atomic mass is 10.1. The van der Waals surface area contributed by atoms with Crippen molar-refractivity contribution in [3.63, 3.8) is 0 Å². The van der Waals surface area contributed by atoms with Crippen LogP contribution in [0.15, 0.2) is 195 Å². The van der Waals surface area contributed by atoms with Crippen molar-refractivity contribution >= 4 is 79.0 Å². The number of aromatic nitrogens is 14. The number of hydrogen-bond donors (Lipinski definition) is 2. The molecule has 8 heterocycles. The summed E-state index contributed by atoms with van der Waals surface area (Å²) in [6.45, 7) is 16.7. The molecule has 0 bridgehead atoms. The number of fused-ring (bicyclic) bond motifs is 4. The number of carbonyl (C=O) groups excluding carboxylic acids is 2. The molecule has 0 aliphatic carbocycles. The molecule has 14 aromatic rings. The highest BCUT2D eigenvalue weighted by molar-refractivity contribution is 6.21. The summed E-state index contributed by atoms with van der Waals surface area (Å²) < 4.78 is 50.5. The van der Waals surface area contributed by atoms with Crippen LogP contribution in [0.3, 0.4) is 0 Å². The van der Waals surface area contributed by atoms with E-state index in [2.05, 4.69) is 82.9 Å². The molecule has 0 saturated heterocycles. The van der Waals surface area contributed by atoms with Gasteiger partial charge in [0.1, 0.15) is 46.0 Å². The first kappa shape index (κ1) is 81.3. The predicted molar refractivity (Wildman–Crippen MR) is 446 cm³/mol. The van der Waals surface area contributed by atoms with Gasteiger partial charge in [0.25, 0.3) is 11.8 Å². The Morgan fingerprint density at radius 1 is 0.487 bits per heavy atom. The van der Waals surface area contributed by atoms with Gasteiger partial charge >= 0.3 is 0 Å². The summed E-state index contributed by atoms with van der Waals surface area (Å²) in [4.78, 5) is 66.3. The number of ether oxygens (including phenoxy) is 5. The number of nitrogens with one attached hydrogen (secondary N) is 1. The van der Waals surface area contributed by atoms with E-state index in [1.165, 1.54) is 17.0 Å². The fourth-order valence-corrected chi connectivity index (χ4v) is 13.4. The number of nitrogens with zero attached hydrogens (tertiary/aromatic N) is 18. The molecule has 0 saturated carbocycles. The van der Waals surface area contributed by atoms with Crippen molar-refractivity contribution in [3.05, 3.63) is 224 Å². The van der Waals surface area contributed by atoms with Crippen molar-refractivity contribution in [1.29, 1.82) is 0 Å². The van der Waals surface area contributed by atoms with E-state index in [0.29, 0.717) is 69.6 Å². The van der Waals surface area contributed by atoms with Crippen LogP contribution in [0.2, 0.25) is 0 Å². The maximum atomic E-state index is 15.0. The Bertz CT molecular complexity index is 5680. The van der Waals surface area contributed by atoms with Crippen LogP contribution in [0, 0.1) is 19.7 Å². The van der Waals surface area contributed by atoms with Gasteiger partial charge in [-0.05, 0) is 114 Å². The van der Waals surface area contributed by atoms with Gasteiger partial charge in [-0.1, -0.05) is 33.4 Å². The second-order valence-corrected chi connectivity index (χ2v) is 28.9. The van der Waals surface area contributed by atoms with Crippen molar-refractivity contribution in [1.82, 2.24) is 79.0 Å². The molecule has 15 rings (SSSR count). The Kier molecular flexibility index (Phi) is 25.2. The largest absolute Gasteiger partial charge is 0.497 e. The lowest BCUT2D eigenvalue weighted by Crippen LogP contribution is -2.38. The first-order valence-electron chi connectivity index (χ1n) is 37.3. The van der Waals surface area contributed by atoms with Crippen molar-refractivity contribution in [2.45, 2.75) is 86.6 Å². The van der Waals surface area contributed by atoms with E-state index in [1.807, 2.05) is 162 Å². The Balaban J connectivity index is 0.000000159. The summed E-state index contributed by atoms with van der Waals surface area (Å²) in [7, 11) is 12.2. The predicted octanol–water partition coefficient (Wildman–Crippen LogP) is 15.1. The topological polar surface area (TPSA) is 274 Å². The number of carbonyl (C=O) groups is 2. The maximum absolute atomic E-state index is 15.0. The molecule has 7 aromatic carbocycles. The molecule has 28 heteroatoms. The molecule has 0 spiro atoms. The van der Waals surface area contributed by atoms with Gasteiger partial charge in [-0.2, -0.15) is 15.3 Å². The molecule has 27 nitrogen and oxygen atoms in total. The third-order valence-corrected chi connectivity index (χ3v) is 19.0. The molecule has 115 heavy (non-hydrogen) atoms. The molecular weight excluding hydrogens is 1460 g/mol. The molecule has 1 atom stereocenters. The standard InChI is InChI=1S/C32H29FN6O3.C28H31N7O2.C26H32N6O3.CH4/c1-32(2,3)42-24-14-21(33)13-23(15-24)38(11-12-39-30(40)25-7-5-6-8-26(25)31(39)41)22-9-10-27-28(16-22)36-29(18-34-27)20-17-35-37(4)19-20;1-19-15-29-20(2)34(19)9-6-10-35(23-11-24(36-4)14-25(12-23)37-5)22-7-8-26-27(13-22)32-28(17-30-26)21-16-31-33(3)18-21;1-17(2)27-13-21(33)16-32(20-8-22(34-4)11-23(9-20)35-5)19-6-7-24-25(10-19)30-26(14-28-24)18-12-29-31(3)15-18;/h5-10,13-19H,11-12H2,1-4H3;7-8,11-18H,6,9-10H2,1-5H3;6-12,14-15,17,21,27,33H,13,16H2,1-5H3;1H4/t;;21-;/m..1./s1. The number of hydrogen-bond acceptors (Lipinski definition) is 22. The van der Waals surface area contributed by atoms with Crippen LogP contribution in [0.5, 0.6) is 28.7 Å². The zero-order chi connectivity index (χ0) is 80.5. The first-order valence-corrected chi connectivity index (χ1v) is 37.3. The smallest absolute Gasteiger partial charge is 0.261 e. The molecular formula is C87H96FN19O8. The average molecular weight is 1550 g/mol. The number of imide groups is 1. The number of rotatable bonds is 26. The summed E-state index contributed by atoms with van der Waals surface area (Å²) >= 11 is 0. The Labute approximate surface area is 667 Å². The Morgan fingerprint density at radius 2 is 0.904 bits per heavy atom. The highest BCUT2D eigenvalue weighted by atomic mass is 19.1. The number of aryl methyl sites for hydroxylation is 5. The van der Waals surface area contributed by atoms with E-state index in [9.17, 15) is 19.1 Å². The fourth-order valence-electron chi connectivity index (χ4n) is 13.4. The van der Waals surface area contributed by atoms with E-state index in [4.69, 9.17) is 38.6 Å². The minimum atomic E-state index is -0.613. The van der Waals surface area contributed by atoms with Crippen LogP contribution in [0.25, 0.3) is 66.9 Å². The minimum absolute atomic E-state index is 0. The van der Waals surface area contributed by atoms with Gasteiger partial charge in [0.2, 0.25) is 0 Å². The average Bonchev–Trinajstić information content (AvgIpc) is 1.70. The summed E-state index contributed by atoms with van der Waals surface area (Å²) in [6, 6.07) is 40.8. The highest BCUT2D eigenvalue weighted by Crippen LogP contribution is 2.39. The molecule has 0 radical (unpaired) electrons. The lowest BCUT2D eigenvalue weighted by Gasteiger charge is -2.29. The van der Waals surface area contributed by atoms with Crippen molar-refractivity contribution in [2.24, 2.45) is 21.1 Å². The van der Waals surface area contributed by atoms with E-state index in [-0.39, 0.29) is 38.4 Å². The van der Waals surface area contributed by atoms with E-state index in [0.717, 1.165) is 115 Å². The molecule has 2 N–H and O–H groups in total. The van der Waals surface area contributed by atoms with Crippen molar-refractivity contribution < 1.29 is 42.8 Å². The molecule has 2 amide bonds. The zero-order valence-electron chi connectivity index (χ0n) is 66.3. The summed E-state index contributed by atoms with van der Waals surface area (Å²) in [5.74, 6) is 3.02. The fraction of sp³-hybridized carbons (Fsp3) is 0.287. The number of benzene rings is 7. The van der Waals surface area contributed by atoms with Gasteiger partial charge in [-0.25, -0.2) is 24.3 Å². The molecule has 0 fully saturated rings. The highest BCUT2D eigenvalue weighted by Gasteiger charge is 2.35. The van der Waals surface area contributed by atoms with Gasteiger partial charge < -0.3 is 53.4 Å². The van der Waals surface area contributed by atoms with Crippen molar-refractivity contribution in [2.75, 3.05) is 75.9 Å². The molecule has 7 aromatic heterocycles. The van der Waals surface area contributed by atoms with Crippen LogP contribution in [-0.2, 0) is 27.7 Å². The van der Waals surface area contributed by atoms with Crippen LogP contribution < -0.4 is 43.7 Å². The molecule has 1 aliphatic heterocycles. The summed E-state index contributed by atoms with van der Waals surface area (Å²) in [6.07, 6.45) is 18.5. The van der Waals surface area contributed by atoms with E-state index >= 15 is 0 Å². The van der Waals surface area contributed by atoms with Gasteiger partial charge in [0.15, 0.2) is 0 Å². The van der Waals surface area contributed by atoms with Gasteiger partial charge in [0.05, 0.1) is 140 Å². The number of amides is 2. The molecule has 0 unspecified atom stereocenters. The summed E-state index contributed by atoms with van der Waals surface area (Å²) in [5, 5.41) is 26.9. The minimum Gasteiger partial charge on any atom is -0.497 e. The summed E-state index contributed by atoms with van der Waals surface area (Å²) in [5.41, 5.74) is 15.6. The molecule has 594 valence electrons. The maximum Gasteiger partial charge on any atom is 0.261 e. The van der Waals surface area contributed by atoms with Gasteiger partial charge in [-0.3, -0.25) is 43.5 Å². The zero-order valence-corrected chi connectivity index (χ0v) is 66.3. The number of aliphatic hydroxyl groups excluding tert-OH is 1. The Morgan fingerprint density at radius 3 is 1.30 bits per heavy atom. The first-order chi connectivity index (χ1) is 54.9. The lowest BCUT2D eigenvalue weighted by molar-refractivity contribution is 0.0658. The van der Waals surface area contributed by atoms with E-state index < -0.39 is 17.5 Å². The Hall–Kier alpha value is -13.2. The third kappa shape index (κ3) is 19.5. The van der Waals surface area contributed by atoms with Gasteiger partial charge in [0, 0.05) is 190 Å². The van der Waals surface area contributed by atoms with Crippen LogP contribution in [0.1, 0.15) is 80.7 Å². The SMILES string of the molecule is C.COc1cc(OC)cc(N(CCCn2c(C)cnc2C)c2ccc3ncc(-c4cnn(C)c4)nc3c2)c1.COc1cc(OC)cc(N(C[C@H](O)CNC(C)C)c2ccc3ncc(-c4cnn(C)c4)nc3c2)c1.Cn1cc(-c2cnc3ccc(N(CCN4C(=O)c5ccccc5C4=O)c4cc(F)cc(OC(C)(C)C)c4)cc3n2)cn1. The van der Waals surface area contributed by atoms with Crippen molar-refractivity contribution in [3.8, 4) is 62.5 Å². The number of aliphatic hydroxyl groups is 1. The number of imidazole rings is 1. The quantitative estimate of drug-likeness (QED) is 0.0477. The monoisotopic (exact) mass is 1550 g/mol. The van der Waals surface area contributed by atoms with E-state index in [1.54, 1.807) is 110 Å². The van der Waals surface area contributed by atoms with Crippen LogP contribution in [-0.4, -0.2) is 170 Å². The number of methoxy groups -OCH3 is 4. The van der Waals surface area contributed by atoms with Crippen LogP contribution in [0.4, 0.5) is 38.5 Å². The second kappa shape index (κ2) is 35.6. The third-order valence-electron chi connectivity index (χ3n) is 19.0. The van der Waals surface area contributed by atoms with Gasteiger partial charge in [-0.15, -0.1) is 0 Å². The molecule has 1 aliphatic rings. The van der Waals surface area contributed by atoms with Crippen LogP contribution >= 0.6 is 0 Å². The number of anilines is 6. The second-order valence-electron chi connectivity index (χ2n) is 28.9. The number of halogens is 1.